The number of carbonyl (C=O) groups excluding carboxylic acids is 1. The maximum Gasteiger partial charge on any atom is 0.257 e. The first-order valence-electron chi connectivity index (χ1n) is 7.80. The molecule has 1 aromatic carbocycles. The Bertz CT molecular complexity index is 773. The topological polar surface area (TPSA) is 69.6 Å². The molecule has 2 heterocycles. The van der Waals surface area contributed by atoms with Crippen LogP contribution in [0.1, 0.15) is 21.5 Å². The van der Waals surface area contributed by atoms with Crippen molar-refractivity contribution in [2.75, 3.05) is 31.1 Å². The van der Waals surface area contributed by atoms with Crippen LogP contribution >= 0.6 is 11.6 Å². The van der Waals surface area contributed by atoms with E-state index in [2.05, 4.69) is 15.1 Å². The van der Waals surface area contributed by atoms with Crippen LogP contribution in [0, 0.1) is 13.8 Å². The smallest absolute Gasteiger partial charge is 0.257 e. The largest absolute Gasteiger partial charge is 0.507 e. The molecule has 3 rings (SSSR count). The van der Waals surface area contributed by atoms with Gasteiger partial charge < -0.3 is 14.9 Å². The highest BCUT2D eigenvalue weighted by Crippen LogP contribution is 2.25. The van der Waals surface area contributed by atoms with E-state index in [0.717, 1.165) is 16.9 Å². The molecule has 1 N–H and O–H groups in total. The second kappa shape index (κ2) is 6.65. The van der Waals surface area contributed by atoms with E-state index in [1.807, 2.05) is 13.8 Å². The molecule has 0 radical (unpaired) electrons. The monoisotopic (exact) mass is 346 g/mol. The SMILES string of the molecule is Cc1c(Cl)nnc(N2CCN(C(=O)c3ccccc3O)CC2)c1C. The first-order chi connectivity index (χ1) is 11.5. The lowest BCUT2D eigenvalue weighted by Gasteiger charge is -2.36. The van der Waals surface area contributed by atoms with Crippen LogP contribution in [0.2, 0.25) is 5.15 Å². The minimum absolute atomic E-state index is 0.0139. The summed E-state index contributed by atoms with van der Waals surface area (Å²) in [5.74, 6) is 0.675. The number of benzene rings is 1. The van der Waals surface area contributed by atoms with E-state index in [1.165, 1.54) is 6.07 Å². The van der Waals surface area contributed by atoms with Gasteiger partial charge in [-0.25, -0.2) is 0 Å². The lowest BCUT2D eigenvalue weighted by Crippen LogP contribution is -2.49. The number of phenols is 1. The number of rotatable bonds is 2. The van der Waals surface area contributed by atoms with Crippen molar-refractivity contribution in [3.63, 3.8) is 0 Å². The highest BCUT2D eigenvalue weighted by atomic mass is 35.5. The lowest BCUT2D eigenvalue weighted by molar-refractivity contribution is 0.0743. The van der Waals surface area contributed by atoms with Crippen molar-refractivity contribution in [3.05, 3.63) is 46.1 Å². The highest BCUT2D eigenvalue weighted by Gasteiger charge is 2.25. The second-order valence-corrected chi connectivity index (χ2v) is 6.22. The van der Waals surface area contributed by atoms with Crippen molar-refractivity contribution in [1.82, 2.24) is 15.1 Å². The molecule has 0 aliphatic carbocycles. The molecule has 0 spiro atoms. The molecule has 7 heteroatoms. The van der Waals surface area contributed by atoms with E-state index in [4.69, 9.17) is 11.6 Å². The zero-order valence-corrected chi connectivity index (χ0v) is 14.4. The standard InChI is InChI=1S/C17H19ClN4O2/c1-11-12(2)16(20-19-15(11)18)21-7-9-22(10-8-21)17(24)13-5-3-4-6-14(13)23/h3-6,23H,7-10H2,1-2H3. The summed E-state index contributed by atoms with van der Waals surface area (Å²) >= 11 is 6.00. The van der Waals surface area contributed by atoms with Crippen LogP contribution < -0.4 is 4.90 Å². The number of piperazine rings is 1. The summed E-state index contributed by atoms with van der Waals surface area (Å²) in [6.07, 6.45) is 0. The Morgan fingerprint density at radius 3 is 2.42 bits per heavy atom. The summed E-state index contributed by atoms with van der Waals surface area (Å²) in [7, 11) is 0. The van der Waals surface area contributed by atoms with Gasteiger partial charge in [0.15, 0.2) is 11.0 Å². The molecule has 1 fully saturated rings. The number of amides is 1. The first kappa shape index (κ1) is 16.5. The number of hydrogen-bond donors (Lipinski definition) is 1. The van der Waals surface area contributed by atoms with Crippen molar-refractivity contribution in [3.8, 4) is 5.75 Å². The third-order valence-corrected chi connectivity index (χ3v) is 4.80. The van der Waals surface area contributed by atoms with Crippen LogP contribution in [0.4, 0.5) is 5.82 Å². The Kier molecular flexibility index (Phi) is 4.57. The van der Waals surface area contributed by atoms with E-state index < -0.39 is 0 Å². The summed E-state index contributed by atoms with van der Waals surface area (Å²) in [5, 5.41) is 18.5. The van der Waals surface area contributed by atoms with Crippen LogP contribution in [0.25, 0.3) is 0 Å². The summed E-state index contributed by atoms with van der Waals surface area (Å²) in [4.78, 5) is 16.4. The molecular formula is C17H19ClN4O2. The fraction of sp³-hybridized carbons (Fsp3) is 0.353. The van der Waals surface area contributed by atoms with Gasteiger partial charge in [0.25, 0.3) is 5.91 Å². The van der Waals surface area contributed by atoms with Crippen molar-refractivity contribution in [1.29, 1.82) is 0 Å². The Hall–Kier alpha value is -2.34. The van der Waals surface area contributed by atoms with E-state index in [1.54, 1.807) is 23.1 Å². The first-order valence-corrected chi connectivity index (χ1v) is 8.18. The Labute approximate surface area is 145 Å². The lowest BCUT2D eigenvalue weighted by atomic mass is 10.1. The van der Waals surface area contributed by atoms with Crippen molar-refractivity contribution >= 4 is 23.3 Å². The number of carbonyl (C=O) groups is 1. The zero-order chi connectivity index (χ0) is 17.3. The average Bonchev–Trinajstić information content (AvgIpc) is 2.60. The number of aromatic nitrogens is 2. The number of aromatic hydroxyl groups is 1. The predicted octanol–water partition coefficient (Wildman–Crippen LogP) is 2.41. The Morgan fingerprint density at radius 1 is 1.08 bits per heavy atom. The van der Waals surface area contributed by atoms with Gasteiger partial charge in [-0.05, 0) is 37.1 Å². The normalized spacial score (nSPS) is 14.8. The average molecular weight is 347 g/mol. The maximum absolute atomic E-state index is 12.5. The quantitative estimate of drug-likeness (QED) is 0.904. The highest BCUT2D eigenvalue weighted by molar-refractivity contribution is 6.30. The number of anilines is 1. The van der Waals surface area contributed by atoms with E-state index in [9.17, 15) is 9.90 Å². The van der Waals surface area contributed by atoms with Gasteiger partial charge in [-0.2, -0.15) is 0 Å². The van der Waals surface area contributed by atoms with Gasteiger partial charge in [0.05, 0.1) is 5.56 Å². The van der Waals surface area contributed by atoms with E-state index in [-0.39, 0.29) is 11.7 Å². The van der Waals surface area contributed by atoms with Crippen molar-refractivity contribution in [2.24, 2.45) is 0 Å². The fourth-order valence-electron chi connectivity index (χ4n) is 2.81. The van der Waals surface area contributed by atoms with Gasteiger partial charge in [0.1, 0.15) is 5.75 Å². The van der Waals surface area contributed by atoms with E-state index >= 15 is 0 Å². The third-order valence-electron chi connectivity index (χ3n) is 4.44. The molecule has 0 unspecified atom stereocenters. The number of phenolic OH excluding ortho intramolecular Hbond substituents is 1. The summed E-state index contributed by atoms with van der Waals surface area (Å²) in [6.45, 7) is 6.36. The van der Waals surface area contributed by atoms with Gasteiger partial charge in [-0.15, -0.1) is 10.2 Å². The summed E-state index contributed by atoms with van der Waals surface area (Å²) < 4.78 is 0. The number of hydrogen-bond acceptors (Lipinski definition) is 5. The summed E-state index contributed by atoms with van der Waals surface area (Å²) in [6, 6.07) is 6.62. The minimum atomic E-state index is -0.150. The van der Waals surface area contributed by atoms with Gasteiger partial charge in [-0.1, -0.05) is 23.7 Å². The third kappa shape index (κ3) is 3.01. The number of nitrogens with zero attached hydrogens (tertiary/aromatic N) is 4. The molecule has 0 saturated carbocycles. The van der Waals surface area contributed by atoms with Crippen molar-refractivity contribution < 1.29 is 9.90 Å². The molecular weight excluding hydrogens is 328 g/mol. The molecule has 6 nitrogen and oxygen atoms in total. The van der Waals surface area contributed by atoms with Crippen LogP contribution in [-0.2, 0) is 0 Å². The second-order valence-electron chi connectivity index (χ2n) is 5.86. The molecule has 0 bridgehead atoms. The van der Waals surface area contributed by atoms with Crippen LogP contribution in [0.15, 0.2) is 24.3 Å². The molecule has 1 saturated heterocycles. The Balaban J connectivity index is 1.71. The van der Waals surface area contributed by atoms with Gasteiger partial charge in [0.2, 0.25) is 0 Å². The molecule has 1 amide bonds. The zero-order valence-electron chi connectivity index (χ0n) is 13.7. The van der Waals surface area contributed by atoms with Crippen LogP contribution in [0.3, 0.4) is 0 Å². The molecule has 1 aliphatic rings. The van der Waals surface area contributed by atoms with Gasteiger partial charge >= 0.3 is 0 Å². The summed E-state index contributed by atoms with van der Waals surface area (Å²) in [5.41, 5.74) is 2.27. The Morgan fingerprint density at radius 2 is 1.75 bits per heavy atom. The van der Waals surface area contributed by atoms with Gasteiger partial charge in [-0.3, -0.25) is 4.79 Å². The van der Waals surface area contributed by atoms with Gasteiger partial charge in [0, 0.05) is 26.2 Å². The predicted molar refractivity (Wildman–Crippen MR) is 92.7 cm³/mol. The minimum Gasteiger partial charge on any atom is -0.507 e. The van der Waals surface area contributed by atoms with Crippen LogP contribution in [0.5, 0.6) is 5.75 Å². The van der Waals surface area contributed by atoms with E-state index in [0.29, 0.717) is 36.9 Å². The number of para-hydroxylation sites is 1. The van der Waals surface area contributed by atoms with Crippen LogP contribution in [-0.4, -0.2) is 52.3 Å². The molecule has 1 aliphatic heterocycles. The van der Waals surface area contributed by atoms with Crippen molar-refractivity contribution in [2.45, 2.75) is 13.8 Å². The molecule has 1 aromatic heterocycles. The number of halogens is 1. The molecule has 24 heavy (non-hydrogen) atoms. The fourth-order valence-corrected chi connectivity index (χ4v) is 2.99. The molecule has 2 aromatic rings. The molecule has 0 atom stereocenters. The molecule has 126 valence electrons. The maximum atomic E-state index is 12.5.